The summed E-state index contributed by atoms with van der Waals surface area (Å²) < 4.78 is 22.9. The van der Waals surface area contributed by atoms with Gasteiger partial charge >= 0.3 is 0 Å². The van der Waals surface area contributed by atoms with Crippen LogP contribution in [-0.4, -0.2) is 36.9 Å². The van der Waals surface area contributed by atoms with E-state index in [9.17, 15) is 13.2 Å². The van der Waals surface area contributed by atoms with Crippen LogP contribution in [0.5, 0.6) is 0 Å². The van der Waals surface area contributed by atoms with E-state index < -0.39 is 9.84 Å². The molecule has 2 aromatic rings. The summed E-state index contributed by atoms with van der Waals surface area (Å²) in [5.41, 5.74) is 1.97. The molecule has 0 bridgehead atoms. The lowest BCUT2D eigenvalue weighted by Crippen LogP contribution is -2.36. The molecule has 22 heavy (non-hydrogen) atoms. The lowest BCUT2D eigenvalue weighted by atomic mass is 10.1. The third kappa shape index (κ3) is 3.20. The summed E-state index contributed by atoms with van der Waals surface area (Å²) >= 11 is 1.60. The molecule has 7 heteroatoms. The molecule has 5 nitrogen and oxygen atoms in total. The molecule has 1 N–H and O–H groups in total. The van der Waals surface area contributed by atoms with Gasteiger partial charge in [-0.2, -0.15) is 0 Å². The lowest BCUT2D eigenvalue weighted by Gasteiger charge is -2.12. The summed E-state index contributed by atoms with van der Waals surface area (Å²) in [4.78, 5) is 17.8. The Balaban J connectivity index is 1.76. The van der Waals surface area contributed by atoms with Crippen LogP contribution in [0, 0.1) is 6.92 Å². The van der Waals surface area contributed by atoms with Gasteiger partial charge < -0.3 is 5.32 Å². The second-order valence-corrected chi connectivity index (χ2v) is 8.56. The van der Waals surface area contributed by atoms with E-state index in [4.69, 9.17) is 0 Å². The number of aromatic nitrogens is 1. The molecule has 0 aliphatic carbocycles. The van der Waals surface area contributed by atoms with Gasteiger partial charge in [0.1, 0.15) is 0 Å². The minimum absolute atomic E-state index is 0.0263. The quantitative estimate of drug-likeness (QED) is 0.930. The number of pyridine rings is 1. The molecule has 116 valence electrons. The molecule has 1 amide bonds. The van der Waals surface area contributed by atoms with E-state index in [0.717, 1.165) is 10.6 Å². The van der Waals surface area contributed by atoms with Crippen LogP contribution in [0.15, 0.2) is 29.6 Å². The first-order valence-electron chi connectivity index (χ1n) is 6.97. The maximum atomic E-state index is 12.3. The molecule has 3 heterocycles. The van der Waals surface area contributed by atoms with Gasteiger partial charge in [0, 0.05) is 6.04 Å². The summed E-state index contributed by atoms with van der Waals surface area (Å²) in [5, 5.41) is 4.77. The number of rotatable bonds is 3. The molecule has 3 rings (SSSR count). The van der Waals surface area contributed by atoms with Crippen molar-refractivity contribution in [3.8, 4) is 10.6 Å². The highest BCUT2D eigenvalue weighted by molar-refractivity contribution is 7.91. The number of carbonyl (C=O) groups is 1. The fourth-order valence-electron chi connectivity index (χ4n) is 2.53. The molecule has 1 atom stereocenters. The average Bonchev–Trinajstić information content (AvgIpc) is 3.08. The Hall–Kier alpha value is -1.73. The van der Waals surface area contributed by atoms with E-state index >= 15 is 0 Å². The van der Waals surface area contributed by atoms with Crippen LogP contribution < -0.4 is 5.32 Å². The smallest absolute Gasteiger partial charge is 0.253 e. The predicted molar refractivity (Wildman–Crippen MR) is 86.8 cm³/mol. The van der Waals surface area contributed by atoms with Crippen LogP contribution in [0.1, 0.15) is 22.5 Å². The van der Waals surface area contributed by atoms with Gasteiger partial charge in [-0.15, -0.1) is 11.3 Å². The third-order valence-electron chi connectivity index (χ3n) is 3.67. The van der Waals surface area contributed by atoms with Gasteiger partial charge in [-0.3, -0.25) is 9.78 Å². The van der Waals surface area contributed by atoms with Crippen molar-refractivity contribution in [1.29, 1.82) is 0 Å². The van der Waals surface area contributed by atoms with Gasteiger partial charge in [0.2, 0.25) is 0 Å². The van der Waals surface area contributed by atoms with E-state index in [-0.39, 0.29) is 23.5 Å². The van der Waals surface area contributed by atoms with Gasteiger partial charge in [0.05, 0.1) is 33.3 Å². The van der Waals surface area contributed by atoms with Crippen LogP contribution in [0.25, 0.3) is 10.6 Å². The SMILES string of the molecule is Cc1nc(-c2cccs2)ccc1C(=O)N[C@H]1CCS(=O)(=O)C1. The maximum absolute atomic E-state index is 12.3. The highest BCUT2D eigenvalue weighted by atomic mass is 32.2. The molecular formula is C15H16N2O3S2. The number of nitrogens with zero attached hydrogens (tertiary/aromatic N) is 1. The standard InChI is InChI=1S/C15H16N2O3S2/c1-10-12(4-5-13(16-10)14-3-2-7-21-14)15(18)17-11-6-8-22(19,20)9-11/h2-5,7,11H,6,8-9H2,1H3,(H,17,18)/t11-/m0/s1. The predicted octanol–water partition coefficient (Wildman–Crippen LogP) is 2.04. The van der Waals surface area contributed by atoms with Crippen molar-refractivity contribution < 1.29 is 13.2 Å². The van der Waals surface area contributed by atoms with Crippen molar-refractivity contribution in [1.82, 2.24) is 10.3 Å². The summed E-state index contributed by atoms with van der Waals surface area (Å²) in [6.45, 7) is 1.79. The molecular weight excluding hydrogens is 320 g/mol. The van der Waals surface area contributed by atoms with Gasteiger partial charge in [-0.25, -0.2) is 8.42 Å². The van der Waals surface area contributed by atoms with Crippen molar-refractivity contribution >= 4 is 27.1 Å². The molecule has 0 radical (unpaired) electrons. The highest BCUT2D eigenvalue weighted by Crippen LogP contribution is 2.24. The first-order chi connectivity index (χ1) is 10.4. The molecule has 0 spiro atoms. The number of hydrogen-bond acceptors (Lipinski definition) is 5. The number of carbonyl (C=O) groups excluding carboxylic acids is 1. The highest BCUT2D eigenvalue weighted by Gasteiger charge is 2.29. The zero-order valence-corrected chi connectivity index (χ0v) is 13.7. The van der Waals surface area contributed by atoms with Gasteiger partial charge in [-0.1, -0.05) is 6.07 Å². The van der Waals surface area contributed by atoms with Crippen LogP contribution in [0.2, 0.25) is 0 Å². The largest absolute Gasteiger partial charge is 0.348 e. The molecule has 1 saturated heterocycles. The Labute approximate surface area is 133 Å². The van der Waals surface area contributed by atoms with E-state index in [2.05, 4.69) is 10.3 Å². The number of sulfone groups is 1. The average molecular weight is 336 g/mol. The molecule has 1 fully saturated rings. The molecule has 1 aliphatic heterocycles. The van der Waals surface area contributed by atoms with Crippen molar-refractivity contribution in [3.63, 3.8) is 0 Å². The summed E-state index contributed by atoms with van der Waals surface area (Å²) in [6, 6.07) is 7.21. The number of thiophene rings is 1. The molecule has 0 unspecified atom stereocenters. The zero-order valence-electron chi connectivity index (χ0n) is 12.1. The van der Waals surface area contributed by atoms with Crippen LogP contribution in [-0.2, 0) is 9.84 Å². The summed E-state index contributed by atoms with van der Waals surface area (Å²) in [6.07, 6.45) is 0.480. The second kappa shape index (κ2) is 5.81. The fraction of sp³-hybridized carbons (Fsp3) is 0.333. The third-order valence-corrected chi connectivity index (χ3v) is 6.33. The van der Waals surface area contributed by atoms with E-state index in [1.54, 1.807) is 24.3 Å². The Bertz CT molecular complexity index is 798. The maximum Gasteiger partial charge on any atom is 0.253 e. The Morgan fingerprint density at radius 3 is 2.77 bits per heavy atom. The number of nitrogens with one attached hydrogen (secondary N) is 1. The normalized spacial score (nSPS) is 20.0. The Morgan fingerprint density at radius 2 is 2.18 bits per heavy atom. The van der Waals surface area contributed by atoms with E-state index in [0.29, 0.717) is 17.7 Å². The first-order valence-corrected chi connectivity index (χ1v) is 9.67. The monoisotopic (exact) mass is 336 g/mol. The zero-order chi connectivity index (χ0) is 15.7. The van der Waals surface area contributed by atoms with Crippen molar-refractivity contribution in [2.24, 2.45) is 0 Å². The van der Waals surface area contributed by atoms with Gasteiger partial charge in [0.25, 0.3) is 5.91 Å². The van der Waals surface area contributed by atoms with Crippen LogP contribution >= 0.6 is 11.3 Å². The molecule has 0 saturated carbocycles. The van der Waals surface area contributed by atoms with Crippen molar-refractivity contribution in [2.45, 2.75) is 19.4 Å². The van der Waals surface area contributed by atoms with Crippen molar-refractivity contribution in [3.05, 3.63) is 40.9 Å². The van der Waals surface area contributed by atoms with Gasteiger partial charge in [-0.05, 0) is 36.9 Å². The van der Waals surface area contributed by atoms with Gasteiger partial charge in [0.15, 0.2) is 9.84 Å². The number of aryl methyl sites for hydroxylation is 1. The number of amides is 1. The molecule has 1 aliphatic rings. The van der Waals surface area contributed by atoms with Crippen LogP contribution in [0.4, 0.5) is 0 Å². The Kier molecular flexibility index (Phi) is 4.01. The fourth-order valence-corrected chi connectivity index (χ4v) is 4.90. The topological polar surface area (TPSA) is 76.1 Å². The Morgan fingerprint density at radius 1 is 1.36 bits per heavy atom. The first kappa shape index (κ1) is 15.2. The van der Waals surface area contributed by atoms with E-state index in [1.165, 1.54) is 0 Å². The molecule has 0 aromatic carbocycles. The lowest BCUT2D eigenvalue weighted by molar-refractivity contribution is 0.0940. The number of hydrogen-bond donors (Lipinski definition) is 1. The minimum Gasteiger partial charge on any atom is -0.348 e. The summed E-state index contributed by atoms with van der Waals surface area (Å²) in [5.74, 6) is -0.0878. The van der Waals surface area contributed by atoms with Crippen LogP contribution in [0.3, 0.4) is 0 Å². The molecule has 2 aromatic heterocycles. The van der Waals surface area contributed by atoms with Crippen molar-refractivity contribution in [2.75, 3.05) is 11.5 Å². The van der Waals surface area contributed by atoms with E-state index in [1.807, 2.05) is 23.6 Å². The minimum atomic E-state index is -3.00. The second-order valence-electron chi connectivity index (χ2n) is 5.38. The summed E-state index contributed by atoms with van der Waals surface area (Å²) in [7, 11) is -3.00.